The fourth-order valence-electron chi connectivity index (χ4n) is 2.57. The molecule has 0 fully saturated rings. The number of aryl methyl sites for hydroxylation is 1. The molecule has 3 aromatic rings. The zero-order valence-corrected chi connectivity index (χ0v) is 15.7. The number of anilines is 2. The fourth-order valence-corrected chi connectivity index (χ4v) is 3.64. The summed E-state index contributed by atoms with van der Waals surface area (Å²) >= 11 is 0. The Hall–Kier alpha value is -3.12. The average molecular weight is 380 g/mol. The molecule has 3 aromatic carbocycles. The van der Waals surface area contributed by atoms with Gasteiger partial charge in [0.05, 0.1) is 10.6 Å². The molecule has 0 bridgehead atoms. The van der Waals surface area contributed by atoms with E-state index in [1.165, 1.54) is 12.1 Å². The molecule has 3 rings (SSSR count). The van der Waals surface area contributed by atoms with E-state index < -0.39 is 10.0 Å². The molecule has 138 valence electrons. The highest BCUT2D eigenvalue weighted by Crippen LogP contribution is 2.20. The molecule has 1 amide bonds. The number of sulfonamides is 1. The van der Waals surface area contributed by atoms with E-state index in [9.17, 15) is 13.2 Å². The molecule has 0 saturated carbocycles. The van der Waals surface area contributed by atoms with Crippen molar-refractivity contribution in [3.63, 3.8) is 0 Å². The highest BCUT2D eigenvalue weighted by atomic mass is 32.2. The first-order valence-electron chi connectivity index (χ1n) is 8.56. The van der Waals surface area contributed by atoms with Gasteiger partial charge in [0.1, 0.15) is 0 Å². The minimum Gasteiger partial charge on any atom is -0.322 e. The number of carbonyl (C=O) groups excluding carboxylic acids is 1. The molecule has 6 heteroatoms. The van der Waals surface area contributed by atoms with E-state index in [4.69, 9.17) is 0 Å². The van der Waals surface area contributed by atoms with Crippen LogP contribution in [0.1, 0.15) is 22.8 Å². The van der Waals surface area contributed by atoms with Crippen LogP contribution in [-0.4, -0.2) is 14.3 Å². The Balaban J connectivity index is 1.74. The van der Waals surface area contributed by atoms with E-state index in [1.54, 1.807) is 54.6 Å². The van der Waals surface area contributed by atoms with Crippen LogP contribution in [0.3, 0.4) is 0 Å². The van der Waals surface area contributed by atoms with Crippen molar-refractivity contribution in [2.24, 2.45) is 0 Å². The van der Waals surface area contributed by atoms with Crippen molar-refractivity contribution < 1.29 is 13.2 Å². The van der Waals surface area contributed by atoms with Crippen molar-refractivity contribution in [1.82, 2.24) is 0 Å². The predicted molar refractivity (Wildman–Crippen MR) is 107 cm³/mol. The third-order valence-corrected chi connectivity index (χ3v) is 5.45. The molecule has 2 N–H and O–H groups in total. The lowest BCUT2D eigenvalue weighted by atomic mass is 10.1. The maximum atomic E-state index is 12.4. The standard InChI is InChI=1S/C21H20N2O3S/c1-2-16-11-13-17(14-12-16)21(24)22-18-7-6-8-19(15-18)23-27(25,26)20-9-4-3-5-10-20/h3-15,23H,2H2,1H3,(H,22,24). The van der Waals surface area contributed by atoms with Gasteiger partial charge in [-0.25, -0.2) is 8.42 Å². The van der Waals surface area contributed by atoms with Gasteiger partial charge in [-0.3, -0.25) is 9.52 Å². The highest BCUT2D eigenvalue weighted by molar-refractivity contribution is 7.92. The van der Waals surface area contributed by atoms with Crippen molar-refractivity contribution in [2.45, 2.75) is 18.2 Å². The fraction of sp³-hybridized carbons (Fsp3) is 0.0952. The lowest BCUT2D eigenvalue weighted by Crippen LogP contribution is -2.14. The van der Waals surface area contributed by atoms with E-state index in [0.717, 1.165) is 12.0 Å². The maximum Gasteiger partial charge on any atom is 0.261 e. The van der Waals surface area contributed by atoms with Crippen molar-refractivity contribution in [1.29, 1.82) is 0 Å². The molecule has 0 saturated heterocycles. The number of amides is 1. The molecular formula is C21H20N2O3S. The van der Waals surface area contributed by atoms with Crippen molar-refractivity contribution in [2.75, 3.05) is 10.0 Å². The lowest BCUT2D eigenvalue weighted by Gasteiger charge is -2.10. The lowest BCUT2D eigenvalue weighted by molar-refractivity contribution is 0.102. The summed E-state index contributed by atoms with van der Waals surface area (Å²) in [5, 5.41) is 2.79. The summed E-state index contributed by atoms with van der Waals surface area (Å²) in [7, 11) is -3.68. The first kappa shape index (κ1) is 18.7. The Bertz CT molecular complexity index is 1030. The van der Waals surface area contributed by atoms with Crippen molar-refractivity contribution >= 4 is 27.3 Å². The highest BCUT2D eigenvalue weighted by Gasteiger charge is 2.14. The van der Waals surface area contributed by atoms with Gasteiger partial charge < -0.3 is 5.32 Å². The quantitative estimate of drug-likeness (QED) is 0.669. The Morgan fingerprint density at radius 3 is 2.19 bits per heavy atom. The summed E-state index contributed by atoms with van der Waals surface area (Å²) < 4.78 is 27.4. The normalized spacial score (nSPS) is 11.0. The Morgan fingerprint density at radius 1 is 0.852 bits per heavy atom. The summed E-state index contributed by atoms with van der Waals surface area (Å²) in [6.07, 6.45) is 0.908. The Morgan fingerprint density at radius 2 is 1.52 bits per heavy atom. The molecule has 27 heavy (non-hydrogen) atoms. The van der Waals surface area contributed by atoms with Gasteiger partial charge in [-0.2, -0.15) is 0 Å². The van der Waals surface area contributed by atoms with Gasteiger partial charge in [-0.1, -0.05) is 43.3 Å². The summed E-state index contributed by atoms with van der Waals surface area (Å²) in [5.41, 5.74) is 2.58. The van der Waals surface area contributed by atoms with Gasteiger partial charge in [0, 0.05) is 11.3 Å². The Kier molecular flexibility index (Phi) is 5.57. The first-order chi connectivity index (χ1) is 13.0. The van der Waals surface area contributed by atoms with Crippen molar-refractivity contribution in [3.05, 3.63) is 90.0 Å². The van der Waals surface area contributed by atoms with Crippen LogP contribution in [0.4, 0.5) is 11.4 Å². The van der Waals surface area contributed by atoms with Crippen LogP contribution in [0.25, 0.3) is 0 Å². The van der Waals surface area contributed by atoms with Gasteiger partial charge in [-0.15, -0.1) is 0 Å². The molecule has 0 aliphatic rings. The monoisotopic (exact) mass is 380 g/mol. The molecule has 0 unspecified atom stereocenters. The zero-order valence-electron chi connectivity index (χ0n) is 14.8. The topological polar surface area (TPSA) is 75.3 Å². The van der Waals surface area contributed by atoms with Gasteiger partial charge in [0.25, 0.3) is 15.9 Å². The SMILES string of the molecule is CCc1ccc(C(=O)Nc2cccc(NS(=O)(=O)c3ccccc3)c2)cc1. The van der Waals surface area contributed by atoms with E-state index in [2.05, 4.69) is 17.0 Å². The van der Waals surface area contributed by atoms with E-state index in [0.29, 0.717) is 16.9 Å². The molecule has 0 aromatic heterocycles. The summed E-state index contributed by atoms with van der Waals surface area (Å²) in [6.45, 7) is 2.05. The Labute approximate surface area is 159 Å². The van der Waals surface area contributed by atoms with Crippen LogP contribution in [-0.2, 0) is 16.4 Å². The zero-order chi connectivity index (χ0) is 19.3. The van der Waals surface area contributed by atoms with E-state index in [1.807, 2.05) is 12.1 Å². The second-order valence-electron chi connectivity index (χ2n) is 6.00. The third kappa shape index (κ3) is 4.74. The van der Waals surface area contributed by atoms with Crippen LogP contribution in [0, 0.1) is 0 Å². The van der Waals surface area contributed by atoms with E-state index >= 15 is 0 Å². The molecule has 0 atom stereocenters. The summed E-state index contributed by atoms with van der Waals surface area (Å²) in [6, 6.07) is 22.1. The minimum absolute atomic E-state index is 0.176. The molecule has 0 aliphatic heterocycles. The van der Waals surface area contributed by atoms with Gasteiger partial charge in [0.15, 0.2) is 0 Å². The number of carbonyl (C=O) groups is 1. The van der Waals surface area contributed by atoms with Crippen molar-refractivity contribution in [3.8, 4) is 0 Å². The number of rotatable bonds is 6. The minimum atomic E-state index is -3.68. The largest absolute Gasteiger partial charge is 0.322 e. The predicted octanol–water partition coefficient (Wildman–Crippen LogP) is 4.30. The second-order valence-corrected chi connectivity index (χ2v) is 7.69. The van der Waals surface area contributed by atoms with Gasteiger partial charge in [-0.05, 0) is 54.4 Å². The first-order valence-corrected chi connectivity index (χ1v) is 10.0. The second kappa shape index (κ2) is 8.05. The van der Waals surface area contributed by atoms with Crippen LogP contribution in [0.5, 0.6) is 0 Å². The maximum absolute atomic E-state index is 12.4. The number of benzene rings is 3. The number of hydrogen-bond donors (Lipinski definition) is 2. The summed E-state index contributed by atoms with van der Waals surface area (Å²) in [5.74, 6) is -0.249. The van der Waals surface area contributed by atoms with Crippen LogP contribution >= 0.6 is 0 Å². The molecule has 0 spiro atoms. The van der Waals surface area contributed by atoms with Crippen LogP contribution in [0.15, 0.2) is 83.8 Å². The molecule has 5 nitrogen and oxygen atoms in total. The third-order valence-electron chi connectivity index (χ3n) is 4.05. The molecule has 0 radical (unpaired) electrons. The average Bonchev–Trinajstić information content (AvgIpc) is 2.68. The van der Waals surface area contributed by atoms with E-state index in [-0.39, 0.29) is 10.8 Å². The molecular weight excluding hydrogens is 360 g/mol. The number of nitrogens with one attached hydrogen (secondary N) is 2. The van der Waals surface area contributed by atoms with Crippen LogP contribution in [0.2, 0.25) is 0 Å². The molecule has 0 heterocycles. The van der Waals surface area contributed by atoms with Gasteiger partial charge in [0.2, 0.25) is 0 Å². The molecule has 0 aliphatic carbocycles. The smallest absolute Gasteiger partial charge is 0.261 e. The van der Waals surface area contributed by atoms with Crippen LogP contribution < -0.4 is 10.0 Å². The van der Waals surface area contributed by atoms with Gasteiger partial charge >= 0.3 is 0 Å². The summed E-state index contributed by atoms with van der Waals surface area (Å²) in [4.78, 5) is 12.6. The number of hydrogen-bond acceptors (Lipinski definition) is 3.